The lowest BCUT2D eigenvalue weighted by atomic mass is 10.0. The molecule has 1 fully saturated rings. The molecular weight excluding hydrogens is 312 g/mol. The minimum Gasteiger partial charge on any atom is -0.378 e. The number of carbonyl (C=O) groups excluding carboxylic acids is 2. The van der Waals surface area contributed by atoms with Crippen LogP contribution in [0.2, 0.25) is 0 Å². The minimum atomic E-state index is -0.917. The SMILES string of the molecule is CN(CCC[C@@H]1CCCO1)C(=O)C(C)(C)NC(=O)c1cccs1. The summed E-state index contributed by atoms with van der Waals surface area (Å²) >= 11 is 1.37. The second-order valence-electron chi connectivity index (χ2n) is 6.56. The van der Waals surface area contributed by atoms with Gasteiger partial charge in [0.05, 0.1) is 11.0 Å². The summed E-state index contributed by atoms with van der Waals surface area (Å²) in [6, 6.07) is 3.58. The van der Waals surface area contributed by atoms with Gasteiger partial charge < -0.3 is 15.0 Å². The average molecular weight is 338 g/mol. The molecule has 0 saturated carbocycles. The molecule has 0 aliphatic carbocycles. The molecule has 1 saturated heterocycles. The van der Waals surface area contributed by atoms with Crippen LogP contribution in [0.1, 0.15) is 49.2 Å². The van der Waals surface area contributed by atoms with Gasteiger partial charge in [0.2, 0.25) is 5.91 Å². The Labute approximate surface area is 142 Å². The molecule has 1 aliphatic heterocycles. The van der Waals surface area contributed by atoms with Crippen LogP contribution in [0.4, 0.5) is 0 Å². The van der Waals surface area contributed by atoms with Gasteiger partial charge in [0.25, 0.3) is 5.91 Å². The Morgan fingerprint density at radius 3 is 2.87 bits per heavy atom. The Balaban J connectivity index is 1.80. The monoisotopic (exact) mass is 338 g/mol. The van der Waals surface area contributed by atoms with Gasteiger partial charge in [0.15, 0.2) is 0 Å². The highest BCUT2D eigenvalue weighted by Gasteiger charge is 2.32. The van der Waals surface area contributed by atoms with E-state index in [1.54, 1.807) is 31.9 Å². The third-order valence-electron chi connectivity index (χ3n) is 4.10. The number of rotatable bonds is 7. The van der Waals surface area contributed by atoms with E-state index in [-0.39, 0.29) is 11.8 Å². The van der Waals surface area contributed by atoms with Gasteiger partial charge in [0.1, 0.15) is 5.54 Å². The second kappa shape index (κ2) is 7.93. The van der Waals surface area contributed by atoms with Crippen molar-refractivity contribution in [1.82, 2.24) is 10.2 Å². The van der Waals surface area contributed by atoms with Crippen molar-refractivity contribution in [2.24, 2.45) is 0 Å². The second-order valence-corrected chi connectivity index (χ2v) is 7.51. The predicted octanol–water partition coefficient (Wildman–Crippen LogP) is 2.67. The maximum absolute atomic E-state index is 12.6. The van der Waals surface area contributed by atoms with Crippen LogP contribution in [-0.4, -0.2) is 48.6 Å². The van der Waals surface area contributed by atoms with Gasteiger partial charge in [0, 0.05) is 20.2 Å². The van der Waals surface area contributed by atoms with Crippen molar-refractivity contribution < 1.29 is 14.3 Å². The van der Waals surface area contributed by atoms with Gasteiger partial charge in [-0.25, -0.2) is 0 Å². The molecule has 0 aromatic carbocycles. The van der Waals surface area contributed by atoms with Crippen LogP contribution in [0, 0.1) is 0 Å². The molecule has 0 radical (unpaired) electrons. The quantitative estimate of drug-likeness (QED) is 0.831. The fourth-order valence-electron chi connectivity index (χ4n) is 2.81. The van der Waals surface area contributed by atoms with Crippen molar-refractivity contribution in [3.05, 3.63) is 22.4 Å². The molecule has 1 aromatic heterocycles. The van der Waals surface area contributed by atoms with E-state index in [0.29, 0.717) is 17.5 Å². The zero-order chi connectivity index (χ0) is 16.9. The van der Waals surface area contributed by atoms with E-state index in [2.05, 4.69) is 5.32 Å². The van der Waals surface area contributed by atoms with E-state index < -0.39 is 5.54 Å². The first-order valence-electron chi connectivity index (χ1n) is 8.13. The number of likely N-dealkylation sites (N-methyl/N-ethyl adjacent to an activating group) is 1. The summed E-state index contributed by atoms with van der Waals surface area (Å²) in [7, 11) is 1.79. The normalized spacial score (nSPS) is 18.0. The molecule has 23 heavy (non-hydrogen) atoms. The summed E-state index contributed by atoms with van der Waals surface area (Å²) in [5.74, 6) is -0.277. The van der Waals surface area contributed by atoms with Crippen LogP contribution >= 0.6 is 11.3 Å². The Morgan fingerprint density at radius 1 is 1.48 bits per heavy atom. The minimum absolute atomic E-state index is 0.0743. The van der Waals surface area contributed by atoms with E-state index in [4.69, 9.17) is 4.74 Å². The Hall–Kier alpha value is -1.40. The lowest BCUT2D eigenvalue weighted by Gasteiger charge is -2.30. The van der Waals surface area contributed by atoms with Gasteiger partial charge in [-0.2, -0.15) is 0 Å². The van der Waals surface area contributed by atoms with Crippen LogP contribution in [0.5, 0.6) is 0 Å². The van der Waals surface area contributed by atoms with Crippen LogP contribution in [0.3, 0.4) is 0 Å². The van der Waals surface area contributed by atoms with Crippen molar-refractivity contribution in [2.45, 2.75) is 51.2 Å². The number of hydrogen-bond donors (Lipinski definition) is 1. The summed E-state index contributed by atoms with van der Waals surface area (Å²) < 4.78 is 5.60. The zero-order valence-electron chi connectivity index (χ0n) is 14.1. The van der Waals surface area contributed by atoms with Crippen molar-refractivity contribution >= 4 is 23.2 Å². The molecule has 2 heterocycles. The number of hydrogen-bond acceptors (Lipinski definition) is 4. The van der Waals surface area contributed by atoms with Gasteiger partial charge >= 0.3 is 0 Å². The van der Waals surface area contributed by atoms with E-state index in [9.17, 15) is 9.59 Å². The molecular formula is C17H26N2O3S. The fraction of sp³-hybridized carbons (Fsp3) is 0.647. The first-order chi connectivity index (χ1) is 10.9. The predicted molar refractivity (Wildman–Crippen MR) is 91.7 cm³/mol. The maximum Gasteiger partial charge on any atom is 0.262 e. The number of nitrogens with zero attached hydrogens (tertiary/aromatic N) is 1. The highest BCUT2D eigenvalue weighted by Crippen LogP contribution is 2.18. The molecule has 0 bridgehead atoms. The number of amides is 2. The lowest BCUT2D eigenvalue weighted by Crippen LogP contribution is -2.55. The summed E-state index contributed by atoms with van der Waals surface area (Å²) in [6.07, 6.45) is 4.52. The molecule has 5 nitrogen and oxygen atoms in total. The molecule has 0 spiro atoms. The first-order valence-corrected chi connectivity index (χ1v) is 9.01. The Bertz CT molecular complexity index is 522. The van der Waals surface area contributed by atoms with Gasteiger partial charge in [-0.3, -0.25) is 9.59 Å². The summed E-state index contributed by atoms with van der Waals surface area (Å²) in [5.41, 5.74) is -0.917. The summed E-state index contributed by atoms with van der Waals surface area (Å²) in [4.78, 5) is 27.0. The Morgan fingerprint density at radius 2 is 2.26 bits per heavy atom. The van der Waals surface area contributed by atoms with Crippen molar-refractivity contribution in [3.8, 4) is 0 Å². The first kappa shape index (κ1) is 17.9. The largest absolute Gasteiger partial charge is 0.378 e. The van der Waals surface area contributed by atoms with Gasteiger partial charge in [-0.1, -0.05) is 6.07 Å². The van der Waals surface area contributed by atoms with E-state index >= 15 is 0 Å². The lowest BCUT2D eigenvalue weighted by molar-refractivity contribution is -0.135. The number of nitrogens with one attached hydrogen (secondary N) is 1. The molecule has 2 rings (SSSR count). The highest BCUT2D eigenvalue weighted by molar-refractivity contribution is 7.12. The highest BCUT2D eigenvalue weighted by atomic mass is 32.1. The summed E-state index contributed by atoms with van der Waals surface area (Å²) in [6.45, 7) is 5.03. The maximum atomic E-state index is 12.6. The van der Waals surface area contributed by atoms with E-state index in [1.165, 1.54) is 11.3 Å². The average Bonchev–Trinajstić information content (AvgIpc) is 3.19. The molecule has 6 heteroatoms. The van der Waals surface area contributed by atoms with Crippen molar-refractivity contribution in [2.75, 3.05) is 20.2 Å². The molecule has 0 unspecified atom stereocenters. The van der Waals surface area contributed by atoms with Crippen LogP contribution in [-0.2, 0) is 9.53 Å². The standard InChI is InChI=1S/C17H26N2O3S/c1-17(2,18-15(20)14-9-6-12-23-14)16(21)19(3)10-4-7-13-8-5-11-22-13/h6,9,12-13H,4-5,7-8,10-11H2,1-3H3,(H,18,20)/t13-/m1/s1. The van der Waals surface area contributed by atoms with Crippen molar-refractivity contribution in [1.29, 1.82) is 0 Å². The van der Waals surface area contributed by atoms with E-state index in [1.807, 2.05) is 11.4 Å². The Kier molecular flexibility index (Phi) is 6.18. The third kappa shape index (κ3) is 5.04. The molecule has 1 aliphatic rings. The molecule has 1 atom stereocenters. The number of thiophene rings is 1. The number of ether oxygens (including phenoxy) is 1. The topological polar surface area (TPSA) is 58.6 Å². The molecule has 128 valence electrons. The van der Waals surface area contributed by atoms with E-state index in [0.717, 1.165) is 32.3 Å². The van der Waals surface area contributed by atoms with Crippen molar-refractivity contribution in [3.63, 3.8) is 0 Å². The molecule has 1 aromatic rings. The molecule has 1 N–H and O–H groups in total. The summed E-state index contributed by atoms with van der Waals surface area (Å²) in [5, 5.41) is 4.67. The van der Waals surface area contributed by atoms with Crippen LogP contribution < -0.4 is 5.32 Å². The third-order valence-corrected chi connectivity index (χ3v) is 4.96. The fourth-order valence-corrected chi connectivity index (χ4v) is 3.43. The number of carbonyl (C=O) groups is 2. The van der Waals surface area contributed by atoms with Gasteiger partial charge in [-0.15, -0.1) is 11.3 Å². The molecule has 2 amide bonds. The van der Waals surface area contributed by atoms with Crippen LogP contribution in [0.15, 0.2) is 17.5 Å². The smallest absolute Gasteiger partial charge is 0.262 e. The van der Waals surface area contributed by atoms with Gasteiger partial charge in [-0.05, 0) is 51.0 Å². The zero-order valence-corrected chi connectivity index (χ0v) is 14.9. The van der Waals surface area contributed by atoms with Crippen LogP contribution in [0.25, 0.3) is 0 Å².